The van der Waals surface area contributed by atoms with E-state index in [1.165, 1.54) is 0 Å². The second-order valence-corrected chi connectivity index (χ2v) is 5.13. The molecule has 2 aromatic rings. The predicted molar refractivity (Wildman–Crippen MR) is 78.7 cm³/mol. The third-order valence-corrected chi connectivity index (χ3v) is 3.64. The summed E-state index contributed by atoms with van der Waals surface area (Å²) in [5, 5.41) is 10.4. The molecule has 1 aliphatic heterocycles. The lowest BCUT2D eigenvalue weighted by molar-refractivity contribution is 0.0821. The van der Waals surface area contributed by atoms with Gasteiger partial charge in [0.1, 0.15) is 6.07 Å². The van der Waals surface area contributed by atoms with Crippen LogP contribution < -0.4 is 4.90 Å². The summed E-state index contributed by atoms with van der Waals surface area (Å²) in [5.74, 6) is 0. The van der Waals surface area contributed by atoms with E-state index in [9.17, 15) is 5.26 Å². The number of para-hydroxylation sites is 1. The number of anilines is 1. The molecule has 2 heterocycles. The van der Waals surface area contributed by atoms with E-state index in [0.29, 0.717) is 5.56 Å². The highest BCUT2D eigenvalue weighted by Gasteiger charge is 2.20. The minimum absolute atomic E-state index is 0.177. The Labute approximate surface area is 118 Å². The summed E-state index contributed by atoms with van der Waals surface area (Å²) in [7, 11) is 0. The van der Waals surface area contributed by atoms with Gasteiger partial charge in [-0.1, -0.05) is 18.2 Å². The van der Waals surface area contributed by atoms with Crippen molar-refractivity contribution >= 4 is 16.6 Å². The van der Waals surface area contributed by atoms with Crippen LogP contribution in [-0.4, -0.2) is 30.8 Å². The average Bonchev–Trinajstić information content (AvgIpc) is 2.70. The maximum Gasteiger partial charge on any atom is 0.103 e. The molecule has 4 heteroatoms. The Morgan fingerprint density at radius 2 is 2.25 bits per heavy atom. The lowest BCUT2D eigenvalue weighted by Crippen LogP contribution is -2.31. The fourth-order valence-corrected chi connectivity index (χ4v) is 2.75. The summed E-state index contributed by atoms with van der Waals surface area (Å²) in [5.41, 5.74) is 2.56. The molecule has 0 saturated carbocycles. The molecule has 1 aromatic carbocycles. The fraction of sp³-hybridized carbons (Fsp3) is 0.375. The highest BCUT2D eigenvalue weighted by molar-refractivity contribution is 5.94. The van der Waals surface area contributed by atoms with Crippen LogP contribution >= 0.6 is 0 Å². The van der Waals surface area contributed by atoms with Crippen LogP contribution in [0, 0.1) is 11.3 Å². The number of fused-ring (bicyclic) bond motifs is 1. The minimum Gasteiger partial charge on any atom is -0.377 e. The number of nitriles is 1. The molecule has 4 nitrogen and oxygen atoms in total. The molecule has 1 unspecified atom stereocenters. The SMILES string of the molecule is CC1CN(c2c(C#N)cnc3ccccc23)CCCO1. The van der Waals surface area contributed by atoms with Crippen LogP contribution in [0.1, 0.15) is 18.9 Å². The first-order valence-corrected chi connectivity index (χ1v) is 6.94. The van der Waals surface area contributed by atoms with Crippen LogP contribution in [0.2, 0.25) is 0 Å². The van der Waals surface area contributed by atoms with E-state index in [2.05, 4.69) is 22.9 Å². The van der Waals surface area contributed by atoms with Crippen molar-refractivity contribution in [1.82, 2.24) is 4.98 Å². The van der Waals surface area contributed by atoms with Gasteiger partial charge in [0.2, 0.25) is 0 Å². The molecule has 0 aliphatic carbocycles. The second kappa shape index (κ2) is 5.48. The van der Waals surface area contributed by atoms with E-state index in [4.69, 9.17) is 4.74 Å². The zero-order chi connectivity index (χ0) is 13.9. The van der Waals surface area contributed by atoms with Crippen LogP contribution in [0.15, 0.2) is 30.5 Å². The first kappa shape index (κ1) is 12.9. The van der Waals surface area contributed by atoms with Gasteiger partial charge in [-0.25, -0.2) is 0 Å². The zero-order valence-corrected chi connectivity index (χ0v) is 11.5. The van der Waals surface area contributed by atoms with Crippen molar-refractivity contribution in [3.63, 3.8) is 0 Å². The molecular weight excluding hydrogens is 250 g/mol. The van der Waals surface area contributed by atoms with Gasteiger partial charge in [-0.3, -0.25) is 4.98 Å². The summed E-state index contributed by atoms with van der Waals surface area (Å²) < 4.78 is 5.70. The Morgan fingerprint density at radius 3 is 3.10 bits per heavy atom. The predicted octanol–water partition coefficient (Wildman–Crippen LogP) is 2.72. The average molecular weight is 267 g/mol. The molecule has 1 aromatic heterocycles. The Bertz CT molecular complexity index is 662. The van der Waals surface area contributed by atoms with E-state index in [1.807, 2.05) is 24.3 Å². The van der Waals surface area contributed by atoms with Crippen molar-refractivity contribution in [2.45, 2.75) is 19.4 Å². The van der Waals surface area contributed by atoms with Crippen molar-refractivity contribution in [3.05, 3.63) is 36.0 Å². The van der Waals surface area contributed by atoms with E-state index in [-0.39, 0.29) is 6.10 Å². The van der Waals surface area contributed by atoms with Gasteiger partial charge in [-0.05, 0) is 19.4 Å². The number of hydrogen-bond acceptors (Lipinski definition) is 4. The summed E-state index contributed by atoms with van der Waals surface area (Å²) in [4.78, 5) is 6.63. The molecule has 1 saturated heterocycles. The van der Waals surface area contributed by atoms with Crippen molar-refractivity contribution < 1.29 is 4.74 Å². The van der Waals surface area contributed by atoms with Gasteiger partial charge in [-0.2, -0.15) is 5.26 Å². The Hall–Kier alpha value is -2.12. The molecule has 1 fully saturated rings. The van der Waals surface area contributed by atoms with Crippen LogP contribution in [0.3, 0.4) is 0 Å². The summed E-state index contributed by atoms with van der Waals surface area (Å²) in [6, 6.07) is 10.3. The second-order valence-electron chi connectivity index (χ2n) is 5.13. The van der Waals surface area contributed by atoms with Crippen molar-refractivity contribution in [2.24, 2.45) is 0 Å². The molecule has 0 amide bonds. The van der Waals surface area contributed by atoms with Crippen LogP contribution in [-0.2, 0) is 4.74 Å². The standard InChI is InChI=1S/C16H17N3O/c1-12-11-19(7-4-8-20-12)16-13(9-17)10-18-15-6-3-2-5-14(15)16/h2-3,5-6,10,12H,4,7-8,11H2,1H3. The highest BCUT2D eigenvalue weighted by Crippen LogP contribution is 2.30. The van der Waals surface area contributed by atoms with Crippen LogP contribution in [0.4, 0.5) is 5.69 Å². The topological polar surface area (TPSA) is 49.2 Å². The molecule has 20 heavy (non-hydrogen) atoms. The monoisotopic (exact) mass is 267 g/mol. The van der Waals surface area contributed by atoms with Gasteiger partial charge in [-0.15, -0.1) is 0 Å². The number of aromatic nitrogens is 1. The molecule has 102 valence electrons. The summed E-state index contributed by atoms with van der Waals surface area (Å²) in [6.45, 7) is 4.58. The Balaban J connectivity index is 2.15. The van der Waals surface area contributed by atoms with Gasteiger partial charge in [0.05, 0.1) is 22.9 Å². The maximum atomic E-state index is 9.40. The first-order chi connectivity index (χ1) is 9.79. The zero-order valence-electron chi connectivity index (χ0n) is 11.5. The highest BCUT2D eigenvalue weighted by atomic mass is 16.5. The molecule has 3 rings (SSSR count). The smallest absolute Gasteiger partial charge is 0.103 e. The van der Waals surface area contributed by atoms with E-state index in [1.54, 1.807) is 6.20 Å². The summed E-state index contributed by atoms with van der Waals surface area (Å²) in [6.07, 6.45) is 2.83. The van der Waals surface area contributed by atoms with Crippen molar-refractivity contribution in [3.8, 4) is 6.07 Å². The van der Waals surface area contributed by atoms with E-state index < -0.39 is 0 Å². The number of rotatable bonds is 1. The van der Waals surface area contributed by atoms with Crippen molar-refractivity contribution in [1.29, 1.82) is 5.26 Å². The number of nitrogens with zero attached hydrogens (tertiary/aromatic N) is 3. The Morgan fingerprint density at radius 1 is 1.40 bits per heavy atom. The molecule has 1 atom stereocenters. The third kappa shape index (κ3) is 2.33. The first-order valence-electron chi connectivity index (χ1n) is 6.94. The molecule has 0 bridgehead atoms. The lowest BCUT2D eigenvalue weighted by atomic mass is 10.1. The summed E-state index contributed by atoms with van der Waals surface area (Å²) >= 11 is 0. The van der Waals surface area contributed by atoms with Gasteiger partial charge in [0.15, 0.2) is 0 Å². The number of pyridine rings is 1. The van der Waals surface area contributed by atoms with Crippen LogP contribution in [0.25, 0.3) is 10.9 Å². The largest absolute Gasteiger partial charge is 0.377 e. The Kier molecular flexibility index (Phi) is 3.53. The molecular formula is C16H17N3O. The van der Waals surface area contributed by atoms with E-state index in [0.717, 1.165) is 42.7 Å². The molecule has 0 radical (unpaired) electrons. The number of ether oxygens (including phenoxy) is 1. The molecule has 0 N–H and O–H groups in total. The van der Waals surface area contributed by atoms with Gasteiger partial charge < -0.3 is 9.64 Å². The normalized spacial score (nSPS) is 19.6. The van der Waals surface area contributed by atoms with Crippen molar-refractivity contribution in [2.75, 3.05) is 24.6 Å². The van der Waals surface area contributed by atoms with E-state index >= 15 is 0 Å². The van der Waals surface area contributed by atoms with Gasteiger partial charge in [0, 0.05) is 31.3 Å². The van der Waals surface area contributed by atoms with Crippen LogP contribution in [0.5, 0.6) is 0 Å². The number of benzene rings is 1. The number of hydrogen-bond donors (Lipinski definition) is 0. The minimum atomic E-state index is 0.177. The molecule has 1 aliphatic rings. The maximum absolute atomic E-state index is 9.40. The lowest BCUT2D eigenvalue weighted by Gasteiger charge is -2.26. The molecule has 0 spiro atoms. The van der Waals surface area contributed by atoms with Gasteiger partial charge in [0.25, 0.3) is 0 Å². The third-order valence-electron chi connectivity index (χ3n) is 3.64. The van der Waals surface area contributed by atoms with Gasteiger partial charge >= 0.3 is 0 Å². The fourth-order valence-electron chi connectivity index (χ4n) is 2.75. The quantitative estimate of drug-likeness (QED) is 0.797.